The van der Waals surface area contributed by atoms with Crippen LogP contribution in [0, 0.1) is 22.9 Å². The Morgan fingerprint density at radius 2 is 1.32 bits per heavy atom. The molecule has 0 amide bonds. The number of halogens is 3. The Bertz CT molecular complexity index is 667. The molecule has 0 aromatic heterocycles. The maximum Gasteiger partial charge on any atom is 0.417 e. The van der Waals surface area contributed by atoms with Gasteiger partial charge in [-0.25, -0.2) is 0 Å². The zero-order valence-electron chi connectivity index (χ0n) is 13.9. The molecule has 0 spiro atoms. The van der Waals surface area contributed by atoms with Crippen LogP contribution in [0.2, 0.25) is 39.3 Å². The Morgan fingerprint density at radius 1 is 0.818 bits per heavy atom. The highest BCUT2D eigenvalue weighted by Crippen LogP contribution is 2.32. The van der Waals surface area contributed by atoms with Crippen LogP contribution in [0.3, 0.4) is 0 Å². The topological polar surface area (TPSA) is 0 Å². The minimum Gasteiger partial charge on any atom is -0.166 e. The van der Waals surface area contributed by atoms with Gasteiger partial charge in [-0.15, -0.1) is 11.1 Å². The van der Waals surface area contributed by atoms with E-state index in [9.17, 15) is 13.2 Å². The van der Waals surface area contributed by atoms with Crippen molar-refractivity contribution in [2.24, 2.45) is 0 Å². The maximum atomic E-state index is 13.2. The second kappa shape index (κ2) is 6.36. The lowest BCUT2D eigenvalue weighted by atomic mass is 10.0. The van der Waals surface area contributed by atoms with Gasteiger partial charge in [0.1, 0.15) is 16.1 Å². The molecule has 1 aromatic rings. The minimum absolute atomic E-state index is 0.0356. The van der Waals surface area contributed by atoms with Gasteiger partial charge >= 0.3 is 6.18 Å². The van der Waals surface area contributed by atoms with E-state index in [4.69, 9.17) is 0 Å². The normalized spacial score (nSPS) is 12.0. The molecule has 0 aliphatic carbocycles. The van der Waals surface area contributed by atoms with Crippen molar-refractivity contribution in [3.63, 3.8) is 0 Å². The van der Waals surface area contributed by atoms with Gasteiger partial charge in [0, 0.05) is 11.1 Å². The Balaban J connectivity index is 3.37. The van der Waals surface area contributed by atoms with E-state index in [0.717, 1.165) is 6.07 Å². The van der Waals surface area contributed by atoms with Crippen LogP contribution in [0.1, 0.15) is 16.7 Å². The van der Waals surface area contributed by atoms with E-state index in [1.807, 2.05) is 19.6 Å². The summed E-state index contributed by atoms with van der Waals surface area (Å²) >= 11 is 0. The van der Waals surface area contributed by atoms with Crippen molar-refractivity contribution in [1.29, 1.82) is 0 Å². The predicted molar refractivity (Wildman–Crippen MR) is 91.9 cm³/mol. The third-order valence-electron chi connectivity index (χ3n) is 2.48. The highest BCUT2D eigenvalue weighted by molar-refractivity contribution is 6.84. The van der Waals surface area contributed by atoms with Crippen molar-refractivity contribution >= 4 is 16.1 Å². The second-order valence-corrected chi connectivity index (χ2v) is 16.8. The summed E-state index contributed by atoms with van der Waals surface area (Å²) in [4.78, 5) is 0. The summed E-state index contributed by atoms with van der Waals surface area (Å²) in [7, 11) is -3.35. The molecule has 0 aliphatic rings. The highest BCUT2D eigenvalue weighted by atomic mass is 28.3. The molecule has 1 aromatic carbocycles. The molecule has 5 heteroatoms. The molecule has 0 aliphatic heterocycles. The summed E-state index contributed by atoms with van der Waals surface area (Å²) in [5.41, 5.74) is 5.81. The fourth-order valence-corrected chi connectivity index (χ4v) is 2.51. The first-order chi connectivity index (χ1) is 9.78. The quantitative estimate of drug-likeness (QED) is 0.452. The molecule has 0 radical (unpaired) electrons. The van der Waals surface area contributed by atoms with E-state index in [0.29, 0.717) is 5.56 Å². The van der Waals surface area contributed by atoms with Crippen LogP contribution >= 0.6 is 0 Å². The minimum atomic E-state index is -4.42. The molecule has 0 unspecified atom stereocenters. The fraction of sp³-hybridized carbons (Fsp3) is 0.412. The number of alkyl halides is 3. The van der Waals surface area contributed by atoms with Crippen LogP contribution in [0.4, 0.5) is 13.2 Å². The summed E-state index contributed by atoms with van der Waals surface area (Å²) in [6.45, 7) is 12.2. The molecular weight excluding hydrogens is 317 g/mol. The average molecular weight is 339 g/mol. The lowest BCUT2D eigenvalue weighted by Crippen LogP contribution is -2.17. The van der Waals surface area contributed by atoms with Crippen molar-refractivity contribution in [2.45, 2.75) is 45.5 Å². The summed E-state index contributed by atoms with van der Waals surface area (Å²) < 4.78 is 39.7. The van der Waals surface area contributed by atoms with Gasteiger partial charge in [-0.1, -0.05) is 51.1 Å². The Morgan fingerprint density at radius 3 is 1.77 bits per heavy atom. The van der Waals surface area contributed by atoms with Crippen molar-refractivity contribution in [1.82, 2.24) is 0 Å². The van der Waals surface area contributed by atoms with Crippen LogP contribution in [0.25, 0.3) is 0 Å². The summed E-state index contributed by atoms with van der Waals surface area (Å²) in [5, 5.41) is 0. The first kappa shape index (κ1) is 18.6. The smallest absolute Gasteiger partial charge is 0.166 e. The Hall–Kier alpha value is -1.44. The van der Waals surface area contributed by atoms with Crippen LogP contribution in [-0.4, -0.2) is 16.1 Å². The van der Waals surface area contributed by atoms with Crippen LogP contribution < -0.4 is 0 Å². The molecular formula is C17H21F3Si2. The van der Waals surface area contributed by atoms with Crippen LogP contribution in [-0.2, 0) is 6.18 Å². The van der Waals surface area contributed by atoms with Gasteiger partial charge in [0.15, 0.2) is 0 Å². The van der Waals surface area contributed by atoms with Crippen molar-refractivity contribution in [2.75, 3.05) is 0 Å². The Labute approximate surface area is 133 Å². The summed E-state index contributed by atoms with van der Waals surface area (Å²) in [6.07, 6.45) is -4.42. The van der Waals surface area contributed by atoms with Crippen molar-refractivity contribution in [3.8, 4) is 22.9 Å². The largest absolute Gasteiger partial charge is 0.417 e. The van der Waals surface area contributed by atoms with E-state index < -0.39 is 27.9 Å². The summed E-state index contributed by atoms with van der Waals surface area (Å²) in [5.74, 6) is 5.58. The lowest BCUT2D eigenvalue weighted by molar-refractivity contribution is -0.137. The third kappa shape index (κ3) is 6.55. The SMILES string of the molecule is C[Si](C)(C)C#Cc1ccc(C#C[Si](C)(C)C)c(C(F)(F)F)c1. The zero-order chi connectivity index (χ0) is 17.2. The van der Waals surface area contributed by atoms with Crippen molar-refractivity contribution < 1.29 is 13.2 Å². The molecule has 0 nitrogen and oxygen atoms in total. The monoisotopic (exact) mass is 338 g/mol. The Kier molecular flexibility index (Phi) is 5.38. The first-order valence-corrected chi connectivity index (χ1v) is 14.1. The van der Waals surface area contributed by atoms with Crippen LogP contribution in [0.5, 0.6) is 0 Å². The molecule has 0 heterocycles. The third-order valence-corrected chi connectivity index (χ3v) is 4.23. The number of hydrogen-bond donors (Lipinski definition) is 0. The molecule has 0 N–H and O–H groups in total. The van der Waals surface area contributed by atoms with E-state index in [1.165, 1.54) is 6.07 Å². The average Bonchev–Trinajstić information content (AvgIpc) is 2.31. The predicted octanol–water partition coefficient (Wildman–Crippen LogP) is 5.16. The van der Waals surface area contributed by atoms with Gasteiger partial charge in [-0.2, -0.15) is 13.2 Å². The molecule has 0 fully saturated rings. The standard InChI is InChI=1S/C17H21F3Si2/c1-21(2,3)11-9-14-7-8-15(10-12-22(4,5)6)16(13-14)17(18,19)20/h7-8,13H,1-6H3. The van der Waals surface area contributed by atoms with Gasteiger partial charge in [-0.3, -0.25) is 0 Å². The molecule has 1 rings (SSSR count). The molecule has 0 saturated carbocycles. The first-order valence-electron chi connectivity index (χ1n) is 7.05. The van der Waals surface area contributed by atoms with Crippen LogP contribution in [0.15, 0.2) is 18.2 Å². The second-order valence-electron chi connectivity index (χ2n) is 7.26. The van der Waals surface area contributed by atoms with E-state index >= 15 is 0 Å². The van der Waals surface area contributed by atoms with Gasteiger partial charge < -0.3 is 0 Å². The number of benzene rings is 1. The molecule has 0 atom stereocenters. The van der Waals surface area contributed by atoms with E-state index in [2.05, 4.69) is 42.6 Å². The molecule has 0 saturated heterocycles. The summed E-state index contributed by atoms with van der Waals surface area (Å²) in [6, 6.07) is 4.17. The molecule has 0 bridgehead atoms. The fourth-order valence-electron chi connectivity index (χ4n) is 1.48. The van der Waals surface area contributed by atoms with Gasteiger partial charge in [-0.05, 0) is 18.2 Å². The lowest BCUT2D eigenvalue weighted by Gasteiger charge is -2.11. The van der Waals surface area contributed by atoms with E-state index in [1.54, 1.807) is 6.07 Å². The number of rotatable bonds is 0. The zero-order valence-corrected chi connectivity index (χ0v) is 15.9. The highest BCUT2D eigenvalue weighted by Gasteiger charge is 2.33. The van der Waals surface area contributed by atoms with Crippen molar-refractivity contribution in [3.05, 3.63) is 34.9 Å². The molecule has 118 valence electrons. The van der Waals surface area contributed by atoms with Gasteiger partial charge in [0.05, 0.1) is 5.56 Å². The van der Waals surface area contributed by atoms with E-state index in [-0.39, 0.29) is 5.56 Å². The number of hydrogen-bond acceptors (Lipinski definition) is 0. The van der Waals surface area contributed by atoms with Gasteiger partial charge in [0.2, 0.25) is 0 Å². The molecule has 22 heavy (non-hydrogen) atoms. The van der Waals surface area contributed by atoms with Gasteiger partial charge in [0.25, 0.3) is 0 Å². The maximum absolute atomic E-state index is 13.2.